The maximum atomic E-state index is 11.7. The van der Waals surface area contributed by atoms with Crippen LogP contribution in [0.2, 0.25) is 0 Å². The third-order valence-electron chi connectivity index (χ3n) is 3.13. The van der Waals surface area contributed by atoms with Crippen LogP contribution in [0.3, 0.4) is 0 Å². The minimum atomic E-state index is -0.328. The van der Waals surface area contributed by atoms with Crippen LogP contribution in [-0.4, -0.2) is 26.3 Å². The van der Waals surface area contributed by atoms with Crippen LogP contribution in [0.1, 0.15) is 24.0 Å². The molecule has 0 fully saturated rings. The van der Waals surface area contributed by atoms with Crippen molar-refractivity contribution in [2.45, 2.75) is 12.8 Å². The van der Waals surface area contributed by atoms with Crippen LogP contribution in [0, 0.1) is 0 Å². The summed E-state index contributed by atoms with van der Waals surface area (Å²) in [5.74, 6) is -0.211. The molecule has 1 aliphatic carbocycles. The van der Waals surface area contributed by atoms with Gasteiger partial charge in [0.05, 0.1) is 19.3 Å². The number of hydrogen-bond acceptors (Lipinski definition) is 3. The topological polar surface area (TPSA) is 35.5 Å². The molecule has 19 heavy (non-hydrogen) atoms. The molecule has 0 saturated carbocycles. The van der Waals surface area contributed by atoms with Crippen molar-refractivity contribution in [3.63, 3.8) is 0 Å². The molecule has 2 rings (SSSR count). The lowest BCUT2D eigenvalue weighted by atomic mass is 9.98. The SMILES string of the molecule is CCOCC(=CC1C=Cc2ccccc21)C(=O)OC. The number of esters is 1. The van der Waals surface area contributed by atoms with Gasteiger partial charge < -0.3 is 9.47 Å². The average molecular weight is 258 g/mol. The number of allylic oxidation sites excluding steroid dienone is 2. The standard InChI is InChI=1S/C16H18O3/c1-3-19-11-14(16(17)18-2)10-13-9-8-12-6-4-5-7-15(12)13/h4-10,13H,3,11H2,1-2H3. The molecular weight excluding hydrogens is 240 g/mol. The van der Waals surface area contributed by atoms with E-state index in [-0.39, 0.29) is 18.5 Å². The van der Waals surface area contributed by atoms with E-state index in [9.17, 15) is 4.79 Å². The van der Waals surface area contributed by atoms with E-state index < -0.39 is 0 Å². The lowest BCUT2D eigenvalue weighted by Crippen LogP contribution is -2.12. The normalized spacial score (nSPS) is 17.4. The van der Waals surface area contributed by atoms with Gasteiger partial charge in [-0.3, -0.25) is 0 Å². The quantitative estimate of drug-likeness (QED) is 0.601. The zero-order valence-corrected chi connectivity index (χ0v) is 11.3. The summed E-state index contributed by atoms with van der Waals surface area (Å²) in [6, 6.07) is 8.16. The number of carbonyl (C=O) groups is 1. The first-order chi connectivity index (χ1) is 9.26. The summed E-state index contributed by atoms with van der Waals surface area (Å²) in [5.41, 5.74) is 2.97. The van der Waals surface area contributed by atoms with E-state index in [0.717, 1.165) is 0 Å². The Bertz CT molecular complexity index is 514. The van der Waals surface area contributed by atoms with E-state index >= 15 is 0 Å². The third-order valence-corrected chi connectivity index (χ3v) is 3.13. The van der Waals surface area contributed by atoms with Gasteiger partial charge in [-0.1, -0.05) is 42.5 Å². The van der Waals surface area contributed by atoms with Gasteiger partial charge in [-0.15, -0.1) is 0 Å². The fraction of sp³-hybridized carbons (Fsp3) is 0.312. The third kappa shape index (κ3) is 3.12. The molecule has 0 spiro atoms. The molecule has 0 aromatic heterocycles. The van der Waals surface area contributed by atoms with Gasteiger partial charge in [-0.25, -0.2) is 4.79 Å². The second-order valence-corrected chi connectivity index (χ2v) is 4.33. The van der Waals surface area contributed by atoms with Crippen molar-refractivity contribution in [2.75, 3.05) is 20.3 Å². The summed E-state index contributed by atoms with van der Waals surface area (Å²) in [5, 5.41) is 0. The van der Waals surface area contributed by atoms with E-state index in [1.807, 2.05) is 25.1 Å². The van der Waals surface area contributed by atoms with Crippen molar-refractivity contribution in [3.05, 3.63) is 53.1 Å². The van der Waals surface area contributed by atoms with Gasteiger partial charge in [0.1, 0.15) is 0 Å². The number of fused-ring (bicyclic) bond motifs is 1. The minimum absolute atomic E-state index is 0.116. The fourth-order valence-corrected chi connectivity index (χ4v) is 2.16. The molecule has 3 nitrogen and oxygen atoms in total. The van der Waals surface area contributed by atoms with Gasteiger partial charge in [0, 0.05) is 12.5 Å². The van der Waals surface area contributed by atoms with Gasteiger partial charge in [-0.2, -0.15) is 0 Å². The van der Waals surface area contributed by atoms with Crippen LogP contribution in [0.5, 0.6) is 0 Å². The molecule has 1 aromatic rings. The van der Waals surface area contributed by atoms with E-state index in [1.54, 1.807) is 0 Å². The van der Waals surface area contributed by atoms with Crippen LogP contribution in [0.15, 0.2) is 42.0 Å². The summed E-state index contributed by atoms with van der Waals surface area (Å²) in [6.07, 6.45) is 6.08. The second-order valence-electron chi connectivity index (χ2n) is 4.33. The molecule has 3 heteroatoms. The van der Waals surface area contributed by atoms with Crippen molar-refractivity contribution in [1.29, 1.82) is 0 Å². The Balaban J connectivity index is 2.23. The van der Waals surface area contributed by atoms with E-state index in [1.165, 1.54) is 18.2 Å². The molecular formula is C16H18O3. The van der Waals surface area contributed by atoms with Gasteiger partial charge in [0.2, 0.25) is 0 Å². The van der Waals surface area contributed by atoms with Crippen LogP contribution < -0.4 is 0 Å². The molecule has 0 bridgehead atoms. The molecule has 1 unspecified atom stereocenters. The van der Waals surface area contributed by atoms with Crippen molar-refractivity contribution >= 4 is 12.0 Å². The molecule has 100 valence electrons. The number of carbonyl (C=O) groups excluding carboxylic acids is 1. The fourth-order valence-electron chi connectivity index (χ4n) is 2.16. The largest absolute Gasteiger partial charge is 0.466 e. The van der Waals surface area contributed by atoms with Crippen LogP contribution >= 0.6 is 0 Å². The molecule has 0 amide bonds. The highest BCUT2D eigenvalue weighted by Gasteiger charge is 2.18. The average Bonchev–Trinajstić information content (AvgIpc) is 2.86. The first-order valence-electron chi connectivity index (χ1n) is 6.40. The molecule has 0 radical (unpaired) electrons. The molecule has 0 saturated heterocycles. The number of methoxy groups -OCH3 is 1. The van der Waals surface area contributed by atoms with Gasteiger partial charge >= 0.3 is 5.97 Å². The van der Waals surface area contributed by atoms with Crippen molar-refractivity contribution in [3.8, 4) is 0 Å². The second kappa shape index (κ2) is 6.34. The number of ether oxygens (including phenoxy) is 2. The number of benzene rings is 1. The Morgan fingerprint density at radius 1 is 1.37 bits per heavy atom. The Labute approximate surface area is 113 Å². The van der Waals surface area contributed by atoms with Crippen molar-refractivity contribution < 1.29 is 14.3 Å². The smallest absolute Gasteiger partial charge is 0.335 e. The lowest BCUT2D eigenvalue weighted by Gasteiger charge is -2.10. The summed E-state index contributed by atoms with van der Waals surface area (Å²) in [7, 11) is 1.39. The summed E-state index contributed by atoms with van der Waals surface area (Å²) in [4.78, 5) is 11.7. The predicted octanol–water partition coefficient (Wildman–Crippen LogP) is 2.93. The van der Waals surface area contributed by atoms with E-state index in [4.69, 9.17) is 9.47 Å². The van der Waals surface area contributed by atoms with E-state index in [0.29, 0.717) is 12.2 Å². The van der Waals surface area contributed by atoms with Gasteiger partial charge in [0.15, 0.2) is 0 Å². The lowest BCUT2D eigenvalue weighted by molar-refractivity contribution is -0.136. The Morgan fingerprint density at radius 3 is 2.89 bits per heavy atom. The minimum Gasteiger partial charge on any atom is -0.466 e. The van der Waals surface area contributed by atoms with Crippen molar-refractivity contribution in [2.24, 2.45) is 0 Å². The number of hydrogen-bond donors (Lipinski definition) is 0. The summed E-state index contributed by atoms with van der Waals surface area (Å²) in [6.45, 7) is 2.76. The zero-order chi connectivity index (χ0) is 13.7. The Kier molecular flexibility index (Phi) is 4.53. The van der Waals surface area contributed by atoms with E-state index in [2.05, 4.69) is 24.3 Å². The Morgan fingerprint density at radius 2 is 2.16 bits per heavy atom. The van der Waals surface area contributed by atoms with Gasteiger partial charge in [0.25, 0.3) is 0 Å². The van der Waals surface area contributed by atoms with Crippen LogP contribution in [0.25, 0.3) is 6.08 Å². The molecule has 1 aromatic carbocycles. The highest BCUT2D eigenvalue weighted by molar-refractivity contribution is 5.89. The number of rotatable bonds is 5. The molecule has 1 aliphatic rings. The monoisotopic (exact) mass is 258 g/mol. The molecule has 0 aliphatic heterocycles. The molecule has 1 atom stereocenters. The first kappa shape index (κ1) is 13.6. The van der Waals surface area contributed by atoms with Crippen LogP contribution in [0.4, 0.5) is 0 Å². The summed E-state index contributed by atoms with van der Waals surface area (Å²) >= 11 is 0. The maximum Gasteiger partial charge on any atom is 0.335 e. The maximum absolute atomic E-state index is 11.7. The molecule has 0 N–H and O–H groups in total. The van der Waals surface area contributed by atoms with Crippen LogP contribution in [-0.2, 0) is 14.3 Å². The molecule has 0 heterocycles. The highest BCUT2D eigenvalue weighted by Crippen LogP contribution is 2.31. The highest BCUT2D eigenvalue weighted by atomic mass is 16.5. The first-order valence-corrected chi connectivity index (χ1v) is 6.40. The predicted molar refractivity (Wildman–Crippen MR) is 74.8 cm³/mol. The summed E-state index contributed by atoms with van der Waals surface area (Å²) < 4.78 is 10.1. The van der Waals surface area contributed by atoms with Crippen molar-refractivity contribution in [1.82, 2.24) is 0 Å². The zero-order valence-electron chi connectivity index (χ0n) is 11.3. The Hall–Kier alpha value is -1.87. The van der Waals surface area contributed by atoms with Gasteiger partial charge in [-0.05, 0) is 18.1 Å².